The zero-order chi connectivity index (χ0) is 19.6. The van der Waals surface area contributed by atoms with Crippen LogP contribution < -0.4 is 10.0 Å². The largest absolute Gasteiger partial charge is 0.619 e. The van der Waals surface area contributed by atoms with Gasteiger partial charge in [-0.15, -0.1) is 0 Å². The van der Waals surface area contributed by atoms with E-state index in [4.69, 9.17) is 0 Å². The van der Waals surface area contributed by atoms with E-state index in [2.05, 4.69) is 5.32 Å². The molecule has 1 N–H and O–H groups in total. The van der Waals surface area contributed by atoms with Crippen molar-refractivity contribution >= 4 is 11.8 Å². The summed E-state index contributed by atoms with van der Waals surface area (Å²) < 4.78 is 39.8. The number of carbonyl (C=O) groups excluding carboxylic acids is 2. The van der Waals surface area contributed by atoms with Crippen LogP contribution in [0, 0.1) is 5.21 Å². The number of nitrogens with one attached hydrogen (secondary N) is 1. The van der Waals surface area contributed by atoms with Gasteiger partial charge in [0.05, 0.1) is 17.2 Å². The van der Waals surface area contributed by atoms with Gasteiger partial charge in [0.15, 0.2) is 12.4 Å². The van der Waals surface area contributed by atoms with Crippen LogP contribution in [0.3, 0.4) is 0 Å². The van der Waals surface area contributed by atoms with Gasteiger partial charge in [0.2, 0.25) is 5.91 Å². The first-order valence-corrected chi connectivity index (χ1v) is 8.16. The smallest absolute Gasteiger partial charge is 0.416 e. The van der Waals surface area contributed by atoms with Gasteiger partial charge in [0.25, 0.3) is 5.91 Å². The van der Waals surface area contributed by atoms with E-state index in [9.17, 15) is 28.0 Å². The maximum Gasteiger partial charge on any atom is 0.416 e. The van der Waals surface area contributed by atoms with Gasteiger partial charge in [-0.1, -0.05) is 18.2 Å². The lowest BCUT2D eigenvalue weighted by molar-refractivity contribution is -0.605. The molecular weight excluding hydrogens is 363 g/mol. The molecule has 0 bridgehead atoms. The molecule has 1 aromatic heterocycles. The molecule has 0 spiro atoms. The number of rotatable bonds is 4. The summed E-state index contributed by atoms with van der Waals surface area (Å²) in [6.45, 7) is -0.0619. The number of hydrogen-bond donors (Lipinski definition) is 1. The topological polar surface area (TPSA) is 76.4 Å². The van der Waals surface area contributed by atoms with Crippen molar-refractivity contribution in [2.24, 2.45) is 0 Å². The molecule has 1 aliphatic rings. The third-order valence-corrected chi connectivity index (χ3v) is 4.30. The zero-order valence-electron chi connectivity index (χ0n) is 14.1. The highest BCUT2D eigenvalue weighted by atomic mass is 19.4. The van der Waals surface area contributed by atoms with Crippen LogP contribution in [0.25, 0.3) is 0 Å². The molecule has 0 radical (unpaired) electrons. The number of amides is 2. The fourth-order valence-corrected chi connectivity index (χ4v) is 2.99. The molecule has 2 heterocycles. The summed E-state index contributed by atoms with van der Waals surface area (Å²) in [6, 6.07) is 7.28. The number of alkyl halides is 3. The summed E-state index contributed by atoms with van der Waals surface area (Å²) >= 11 is 0. The van der Waals surface area contributed by atoms with E-state index in [0.717, 1.165) is 6.07 Å². The summed E-state index contributed by atoms with van der Waals surface area (Å²) in [6.07, 6.45) is -2.14. The molecule has 2 aromatic rings. The lowest BCUT2D eigenvalue weighted by Gasteiger charge is -2.20. The van der Waals surface area contributed by atoms with Crippen LogP contribution in [0.5, 0.6) is 0 Å². The Morgan fingerprint density at radius 2 is 1.89 bits per heavy atom. The second-order valence-electron chi connectivity index (χ2n) is 6.25. The maximum atomic E-state index is 13.1. The standard InChI is InChI=1S/C18H16F3N3O3/c19-18(20,21)15-4-2-1-3-13(15)10-23-11-14(9-16(23)25)22-17(26)12-5-7-24(27)8-6-12/h1-8,14H,9-11H2,(H,22,26)/t14-/m0/s1. The Labute approximate surface area is 152 Å². The average molecular weight is 379 g/mol. The Kier molecular flexibility index (Phi) is 5.02. The number of carbonyl (C=O) groups is 2. The second-order valence-corrected chi connectivity index (χ2v) is 6.25. The van der Waals surface area contributed by atoms with Gasteiger partial charge < -0.3 is 15.4 Å². The van der Waals surface area contributed by atoms with E-state index < -0.39 is 23.7 Å². The van der Waals surface area contributed by atoms with Crippen molar-refractivity contribution in [2.45, 2.75) is 25.2 Å². The van der Waals surface area contributed by atoms with Crippen LogP contribution in [0.4, 0.5) is 13.2 Å². The quantitative estimate of drug-likeness (QED) is 0.651. The zero-order valence-corrected chi connectivity index (χ0v) is 14.1. The monoisotopic (exact) mass is 379 g/mol. The molecule has 27 heavy (non-hydrogen) atoms. The van der Waals surface area contributed by atoms with E-state index in [1.165, 1.54) is 47.6 Å². The third kappa shape index (κ3) is 4.36. The van der Waals surface area contributed by atoms with Crippen molar-refractivity contribution in [1.29, 1.82) is 0 Å². The summed E-state index contributed by atoms with van der Waals surface area (Å²) in [4.78, 5) is 25.6. The summed E-state index contributed by atoms with van der Waals surface area (Å²) in [5, 5.41) is 13.7. The molecule has 1 aromatic carbocycles. The molecule has 0 unspecified atom stereocenters. The molecule has 1 aliphatic heterocycles. The third-order valence-electron chi connectivity index (χ3n) is 4.30. The number of pyridine rings is 1. The highest BCUT2D eigenvalue weighted by Crippen LogP contribution is 2.32. The Morgan fingerprint density at radius 3 is 2.56 bits per heavy atom. The fourth-order valence-electron chi connectivity index (χ4n) is 2.99. The predicted molar refractivity (Wildman–Crippen MR) is 88.1 cm³/mol. The lowest BCUT2D eigenvalue weighted by atomic mass is 10.1. The first kappa shape index (κ1) is 18.7. The molecule has 1 fully saturated rings. The van der Waals surface area contributed by atoms with E-state index >= 15 is 0 Å². The Morgan fingerprint density at radius 1 is 1.22 bits per heavy atom. The van der Waals surface area contributed by atoms with Crippen LogP contribution in [0.2, 0.25) is 0 Å². The van der Waals surface area contributed by atoms with E-state index in [1.807, 2.05) is 0 Å². The van der Waals surface area contributed by atoms with Gasteiger partial charge >= 0.3 is 6.18 Å². The van der Waals surface area contributed by atoms with Crippen molar-refractivity contribution in [3.05, 3.63) is 70.7 Å². The minimum Gasteiger partial charge on any atom is -0.619 e. The number of nitrogens with zero attached hydrogens (tertiary/aromatic N) is 2. The van der Waals surface area contributed by atoms with Gasteiger partial charge in [-0.2, -0.15) is 17.9 Å². The van der Waals surface area contributed by atoms with Crippen LogP contribution in [0.15, 0.2) is 48.8 Å². The lowest BCUT2D eigenvalue weighted by Crippen LogP contribution is -2.37. The van der Waals surface area contributed by atoms with Crippen molar-refractivity contribution in [1.82, 2.24) is 10.2 Å². The van der Waals surface area contributed by atoms with E-state index in [1.54, 1.807) is 0 Å². The molecule has 1 saturated heterocycles. The molecular formula is C18H16F3N3O3. The highest BCUT2D eigenvalue weighted by Gasteiger charge is 2.36. The maximum absolute atomic E-state index is 13.1. The SMILES string of the molecule is O=C(N[C@H]1CC(=O)N(Cc2ccccc2C(F)(F)F)C1)c1cc[n+]([O-])cc1. The number of likely N-dealkylation sites (tertiary alicyclic amines) is 1. The van der Waals surface area contributed by atoms with Crippen molar-refractivity contribution in [2.75, 3.05) is 6.54 Å². The molecule has 0 aliphatic carbocycles. The second kappa shape index (κ2) is 7.26. The van der Waals surface area contributed by atoms with Crippen molar-refractivity contribution < 1.29 is 27.5 Å². The first-order chi connectivity index (χ1) is 12.7. The van der Waals surface area contributed by atoms with E-state index in [0.29, 0.717) is 4.73 Å². The number of benzene rings is 1. The minimum atomic E-state index is -4.50. The average Bonchev–Trinajstić information content (AvgIpc) is 2.94. The molecule has 0 saturated carbocycles. The molecule has 142 valence electrons. The van der Waals surface area contributed by atoms with Crippen molar-refractivity contribution in [3.63, 3.8) is 0 Å². The molecule has 1 atom stereocenters. The van der Waals surface area contributed by atoms with Gasteiger partial charge in [-0.25, -0.2) is 0 Å². The minimum absolute atomic E-state index is 0.00776. The fraction of sp³-hybridized carbons (Fsp3) is 0.278. The Hall–Kier alpha value is -3.10. The predicted octanol–water partition coefficient (Wildman–Crippen LogP) is 1.87. The molecule has 6 nitrogen and oxygen atoms in total. The summed E-state index contributed by atoms with van der Waals surface area (Å²) in [5.41, 5.74) is -0.510. The number of hydrogen-bond acceptors (Lipinski definition) is 3. The Bertz CT molecular complexity index is 853. The summed E-state index contributed by atoms with van der Waals surface area (Å²) in [5.74, 6) is -0.784. The Balaban J connectivity index is 1.66. The van der Waals surface area contributed by atoms with Crippen LogP contribution in [0.1, 0.15) is 27.9 Å². The first-order valence-electron chi connectivity index (χ1n) is 8.16. The van der Waals surface area contributed by atoms with Crippen LogP contribution in [-0.4, -0.2) is 29.3 Å². The molecule has 3 rings (SSSR count). The molecule has 2 amide bonds. The number of aromatic nitrogens is 1. The number of halogens is 3. The van der Waals surface area contributed by atoms with Gasteiger partial charge in [0.1, 0.15) is 0 Å². The van der Waals surface area contributed by atoms with Crippen LogP contribution >= 0.6 is 0 Å². The normalized spacial score (nSPS) is 17.2. The van der Waals surface area contributed by atoms with Gasteiger partial charge in [-0.3, -0.25) is 9.59 Å². The van der Waals surface area contributed by atoms with Crippen LogP contribution in [-0.2, 0) is 17.5 Å². The summed E-state index contributed by atoms with van der Waals surface area (Å²) in [7, 11) is 0. The van der Waals surface area contributed by atoms with Gasteiger partial charge in [0, 0.05) is 31.6 Å². The van der Waals surface area contributed by atoms with Gasteiger partial charge in [-0.05, 0) is 11.6 Å². The van der Waals surface area contributed by atoms with E-state index in [-0.39, 0.29) is 36.5 Å². The highest BCUT2D eigenvalue weighted by molar-refractivity contribution is 5.94. The van der Waals surface area contributed by atoms with Crippen molar-refractivity contribution in [3.8, 4) is 0 Å². The molecule has 9 heteroatoms.